The summed E-state index contributed by atoms with van der Waals surface area (Å²) in [6.45, 7) is 13.4. The first-order valence-corrected chi connectivity index (χ1v) is 11.7. The molecule has 6 nitrogen and oxygen atoms in total. The molecule has 2 N–H and O–H groups in total. The monoisotopic (exact) mass is 418 g/mol. The number of hydrogen-bond donors (Lipinski definition) is 2. The fourth-order valence-corrected chi connectivity index (χ4v) is 3.95. The third-order valence-electron chi connectivity index (χ3n) is 5.76. The van der Waals surface area contributed by atoms with Crippen LogP contribution in [0.2, 0.25) is 0 Å². The Balaban J connectivity index is 1.73. The van der Waals surface area contributed by atoms with E-state index in [1.54, 1.807) is 7.11 Å². The number of rotatable bonds is 12. The van der Waals surface area contributed by atoms with Gasteiger partial charge in [-0.1, -0.05) is 13.0 Å². The maximum Gasteiger partial charge on any atom is 0.191 e. The summed E-state index contributed by atoms with van der Waals surface area (Å²) >= 11 is 0. The van der Waals surface area contributed by atoms with Crippen LogP contribution >= 0.6 is 0 Å². The second-order valence-corrected chi connectivity index (χ2v) is 7.88. The number of nitrogens with one attached hydrogen (secondary N) is 2. The Hall–Kier alpha value is -1.95. The zero-order chi connectivity index (χ0) is 21.6. The van der Waals surface area contributed by atoms with Gasteiger partial charge in [0.1, 0.15) is 0 Å². The average molecular weight is 419 g/mol. The summed E-state index contributed by atoms with van der Waals surface area (Å²) in [5.41, 5.74) is 1.26. The molecule has 30 heavy (non-hydrogen) atoms. The van der Waals surface area contributed by atoms with E-state index in [9.17, 15) is 0 Å². The van der Waals surface area contributed by atoms with Crippen LogP contribution < -0.4 is 20.1 Å². The number of hydrogen-bond acceptors (Lipinski definition) is 4. The van der Waals surface area contributed by atoms with Gasteiger partial charge in [0.25, 0.3) is 0 Å². The van der Waals surface area contributed by atoms with E-state index in [1.165, 1.54) is 44.5 Å². The van der Waals surface area contributed by atoms with Crippen molar-refractivity contribution in [2.24, 2.45) is 10.9 Å². The molecule has 170 valence electrons. The van der Waals surface area contributed by atoms with Crippen LogP contribution in [0.25, 0.3) is 0 Å². The van der Waals surface area contributed by atoms with Gasteiger partial charge in [0.05, 0.1) is 13.7 Å². The van der Waals surface area contributed by atoms with E-state index in [4.69, 9.17) is 14.5 Å². The summed E-state index contributed by atoms with van der Waals surface area (Å²) in [5.74, 6) is 3.39. The summed E-state index contributed by atoms with van der Waals surface area (Å²) in [6, 6.07) is 6.18. The molecule has 1 aromatic carbocycles. The van der Waals surface area contributed by atoms with Crippen molar-refractivity contribution < 1.29 is 9.47 Å². The normalized spacial score (nSPS) is 15.8. The first kappa shape index (κ1) is 24.3. The Morgan fingerprint density at radius 2 is 1.93 bits per heavy atom. The van der Waals surface area contributed by atoms with Crippen molar-refractivity contribution in [3.8, 4) is 11.5 Å². The molecule has 0 aromatic heterocycles. The predicted octanol–water partition coefficient (Wildman–Crippen LogP) is 3.70. The highest BCUT2D eigenvalue weighted by atomic mass is 16.5. The third-order valence-corrected chi connectivity index (χ3v) is 5.76. The van der Waals surface area contributed by atoms with Crippen LogP contribution in [0.15, 0.2) is 23.2 Å². The molecule has 0 saturated carbocycles. The Kier molecular flexibility index (Phi) is 11.5. The number of nitrogens with zero attached hydrogens (tertiary/aromatic N) is 2. The molecule has 1 aliphatic rings. The highest BCUT2D eigenvalue weighted by Crippen LogP contribution is 2.28. The molecule has 1 fully saturated rings. The fourth-order valence-electron chi connectivity index (χ4n) is 3.95. The van der Waals surface area contributed by atoms with Gasteiger partial charge in [-0.25, -0.2) is 0 Å². The van der Waals surface area contributed by atoms with Crippen molar-refractivity contribution in [2.45, 2.75) is 52.9 Å². The number of guanidine groups is 1. The van der Waals surface area contributed by atoms with E-state index in [2.05, 4.69) is 41.5 Å². The van der Waals surface area contributed by atoms with Crippen molar-refractivity contribution in [1.29, 1.82) is 0 Å². The molecule has 1 heterocycles. The van der Waals surface area contributed by atoms with Gasteiger partial charge in [-0.2, -0.15) is 0 Å². The van der Waals surface area contributed by atoms with E-state index in [0.29, 0.717) is 6.61 Å². The Morgan fingerprint density at radius 3 is 2.60 bits per heavy atom. The molecule has 0 atom stereocenters. The van der Waals surface area contributed by atoms with E-state index in [-0.39, 0.29) is 0 Å². The molecule has 0 amide bonds. The quantitative estimate of drug-likeness (QED) is 0.308. The standard InChI is InChI=1S/C24H42N4O2/c1-5-25-24(27-16-12-20-13-17-28(6-2)18-14-20)26-15-8-9-21-10-11-22(29-4)23(19-21)30-7-3/h10-11,19-20H,5-9,12-18H2,1-4H3,(H2,25,26,27). The number of methoxy groups -OCH3 is 1. The number of benzene rings is 1. The molecule has 1 aliphatic heterocycles. The van der Waals surface area contributed by atoms with Crippen LogP contribution in [0.1, 0.15) is 52.0 Å². The molecule has 1 aromatic rings. The van der Waals surface area contributed by atoms with Crippen molar-refractivity contribution in [3.05, 3.63) is 23.8 Å². The molecular formula is C24H42N4O2. The van der Waals surface area contributed by atoms with Gasteiger partial charge in [0, 0.05) is 19.6 Å². The Morgan fingerprint density at radius 1 is 1.13 bits per heavy atom. The lowest BCUT2D eigenvalue weighted by Crippen LogP contribution is -2.39. The maximum atomic E-state index is 5.68. The van der Waals surface area contributed by atoms with Crippen molar-refractivity contribution in [2.75, 3.05) is 53.0 Å². The Labute approximate surface area is 183 Å². The highest BCUT2D eigenvalue weighted by molar-refractivity contribution is 5.79. The van der Waals surface area contributed by atoms with Crippen molar-refractivity contribution in [1.82, 2.24) is 15.5 Å². The zero-order valence-corrected chi connectivity index (χ0v) is 19.5. The van der Waals surface area contributed by atoms with Crippen LogP contribution in [-0.4, -0.2) is 63.8 Å². The summed E-state index contributed by atoms with van der Waals surface area (Å²) in [7, 11) is 1.68. The maximum absolute atomic E-state index is 5.68. The number of ether oxygens (including phenoxy) is 2. The van der Waals surface area contributed by atoms with Crippen molar-refractivity contribution in [3.63, 3.8) is 0 Å². The minimum absolute atomic E-state index is 0.638. The molecule has 2 rings (SSSR count). The largest absolute Gasteiger partial charge is 0.493 e. The van der Waals surface area contributed by atoms with Gasteiger partial charge in [-0.15, -0.1) is 0 Å². The first-order valence-electron chi connectivity index (χ1n) is 11.7. The lowest BCUT2D eigenvalue weighted by Gasteiger charge is -2.31. The van der Waals surface area contributed by atoms with E-state index >= 15 is 0 Å². The van der Waals surface area contributed by atoms with Crippen LogP contribution in [0.4, 0.5) is 0 Å². The van der Waals surface area contributed by atoms with Gasteiger partial charge < -0.3 is 25.0 Å². The summed E-state index contributed by atoms with van der Waals surface area (Å²) in [5, 5.41) is 6.89. The smallest absolute Gasteiger partial charge is 0.191 e. The lowest BCUT2D eigenvalue weighted by molar-refractivity contribution is 0.187. The van der Waals surface area contributed by atoms with Gasteiger partial charge in [-0.3, -0.25) is 4.99 Å². The SMILES string of the molecule is CCNC(=NCCCc1ccc(OC)c(OCC)c1)NCCC1CCN(CC)CC1. The van der Waals surface area contributed by atoms with Gasteiger partial charge in [0.15, 0.2) is 17.5 Å². The number of piperidine rings is 1. The number of aryl methyl sites for hydroxylation is 1. The lowest BCUT2D eigenvalue weighted by atomic mass is 9.93. The fraction of sp³-hybridized carbons (Fsp3) is 0.708. The average Bonchev–Trinajstić information content (AvgIpc) is 2.77. The molecule has 1 saturated heterocycles. The second kappa shape index (κ2) is 14.1. The Bertz CT molecular complexity index is 628. The van der Waals surface area contributed by atoms with Gasteiger partial charge in [0.2, 0.25) is 0 Å². The minimum Gasteiger partial charge on any atom is -0.493 e. The van der Waals surface area contributed by atoms with Crippen LogP contribution in [0, 0.1) is 5.92 Å². The topological polar surface area (TPSA) is 58.1 Å². The highest BCUT2D eigenvalue weighted by Gasteiger charge is 2.17. The predicted molar refractivity (Wildman–Crippen MR) is 126 cm³/mol. The zero-order valence-electron chi connectivity index (χ0n) is 19.5. The molecule has 0 aliphatic carbocycles. The van der Waals surface area contributed by atoms with E-state index < -0.39 is 0 Å². The molecular weight excluding hydrogens is 376 g/mol. The first-order chi connectivity index (χ1) is 14.7. The molecule has 0 spiro atoms. The summed E-state index contributed by atoms with van der Waals surface area (Å²) in [4.78, 5) is 7.31. The van der Waals surface area contributed by atoms with Gasteiger partial charge >= 0.3 is 0 Å². The minimum atomic E-state index is 0.638. The summed E-state index contributed by atoms with van der Waals surface area (Å²) in [6.07, 6.45) is 5.87. The van der Waals surface area contributed by atoms with Crippen LogP contribution in [-0.2, 0) is 6.42 Å². The van der Waals surface area contributed by atoms with Crippen molar-refractivity contribution >= 4 is 5.96 Å². The number of likely N-dealkylation sites (tertiary alicyclic amines) is 1. The molecule has 0 unspecified atom stereocenters. The molecule has 0 radical (unpaired) electrons. The van der Waals surface area contributed by atoms with Crippen LogP contribution in [0.5, 0.6) is 11.5 Å². The van der Waals surface area contributed by atoms with E-state index in [1.807, 2.05) is 13.0 Å². The second-order valence-electron chi connectivity index (χ2n) is 7.88. The van der Waals surface area contributed by atoms with E-state index in [0.717, 1.165) is 55.9 Å². The third kappa shape index (κ3) is 8.42. The van der Waals surface area contributed by atoms with Crippen LogP contribution in [0.3, 0.4) is 0 Å². The molecule has 6 heteroatoms. The van der Waals surface area contributed by atoms with Gasteiger partial charge in [-0.05, 0) is 89.2 Å². The summed E-state index contributed by atoms with van der Waals surface area (Å²) < 4.78 is 11.0. The number of aliphatic imine (C=N–C) groups is 1. The molecule has 0 bridgehead atoms.